The highest BCUT2D eigenvalue weighted by atomic mass is 16.6. The van der Waals surface area contributed by atoms with E-state index in [0.717, 1.165) is 51.3 Å². The summed E-state index contributed by atoms with van der Waals surface area (Å²) in [6.07, 6.45) is 1.82. The Labute approximate surface area is 165 Å². The lowest BCUT2D eigenvalue weighted by atomic mass is 9.96. The van der Waals surface area contributed by atoms with Crippen molar-refractivity contribution >= 4 is 11.8 Å². The second kappa shape index (κ2) is 7.47. The number of amides is 1. The van der Waals surface area contributed by atoms with Crippen LogP contribution in [0.4, 0.5) is 10.5 Å². The molecule has 1 aliphatic carbocycles. The second-order valence-corrected chi connectivity index (χ2v) is 7.85. The molecule has 1 unspecified atom stereocenters. The van der Waals surface area contributed by atoms with E-state index in [9.17, 15) is 4.79 Å². The zero-order valence-electron chi connectivity index (χ0n) is 16.0. The summed E-state index contributed by atoms with van der Waals surface area (Å²) in [5.41, 5.74) is 5.05. The number of nitrogens with zero attached hydrogens (tertiary/aromatic N) is 2. The Morgan fingerprint density at radius 1 is 1.04 bits per heavy atom. The normalized spacial score (nSPS) is 23.4. The Bertz CT molecular complexity index is 848. The summed E-state index contributed by atoms with van der Waals surface area (Å²) in [6.45, 7) is 4.43. The van der Waals surface area contributed by atoms with Crippen molar-refractivity contribution in [3.8, 4) is 0 Å². The van der Waals surface area contributed by atoms with Gasteiger partial charge in [0.25, 0.3) is 0 Å². The number of piperidine rings is 1. The van der Waals surface area contributed by atoms with Crippen molar-refractivity contribution in [2.24, 2.45) is 0 Å². The van der Waals surface area contributed by atoms with Gasteiger partial charge in [-0.15, -0.1) is 0 Å². The van der Waals surface area contributed by atoms with Crippen LogP contribution in [0.15, 0.2) is 48.5 Å². The fourth-order valence-electron chi connectivity index (χ4n) is 4.91. The van der Waals surface area contributed by atoms with Gasteiger partial charge in [0.2, 0.25) is 0 Å². The Hall–Kier alpha value is -2.53. The van der Waals surface area contributed by atoms with Crippen LogP contribution in [0.5, 0.6) is 0 Å². The molecule has 2 aromatic rings. The predicted molar refractivity (Wildman–Crippen MR) is 108 cm³/mol. The van der Waals surface area contributed by atoms with Crippen LogP contribution in [-0.2, 0) is 16.1 Å². The molecule has 0 radical (unpaired) electrons. The molecule has 2 aromatic carbocycles. The fourth-order valence-corrected chi connectivity index (χ4v) is 4.91. The van der Waals surface area contributed by atoms with Gasteiger partial charge in [-0.25, -0.2) is 4.79 Å². The molecule has 5 nitrogen and oxygen atoms in total. The summed E-state index contributed by atoms with van der Waals surface area (Å²) in [4.78, 5) is 17.3. The van der Waals surface area contributed by atoms with Crippen molar-refractivity contribution in [3.05, 3.63) is 65.2 Å². The standard InChI is InChI=1S/C23H26N2O3/c26-23(28-16-17-5-2-1-3-6-17)25-10-9-18-15-21(25)22-19(18)7-4-8-20(22)24-11-13-27-14-12-24/h1-8,18,21H,9-16H2/t18?,21-/m1/s1. The molecule has 5 heteroatoms. The highest BCUT2D eigenvalue weighted by molar-refractivity contribution is 5.71. The number of benzene rings is 2. The Morgan fingerprint density at radius 3 is 2.68 bits per heavy atom. The number of anilines is 1. The van der Waals surface area contributed by atoms with E-state index in [1.54, 1.807) is 0 Å². The minimum atomic E-state index is -0.197. The van der Waals surface area contributed by atoms with Crippen LogP contribution in [0, 0.1) is 0 Å². The van der Waals surface area contributed by atoms with Gasteiger partial charge in [0, 0.05) is 30.9 Å². The van der Waals surface area contributed by atoms with Gasteiger partial charge in [-0.3, -0.25) is 0 Å². The minimum absolute atomic E-state index is 0.121. The van der Waals surface area contributed by atoms with E-state index in [1.807, 2.05) is 35.2 Å². The molecule has 1 amide bonds. The maximum absolute atomic E-state index is 12.9. The van der Waals surface area contributed by atoms with Gasteiger partial charge < -0.3 is 19.3 Å². The fraction of sp³-hybridized carbons (Fsp3) is 0.435. The van der Waals surface area contributed by atoms with Gasteiger partial charge >= 0.3 is 6.09 Å². The zero-order chi connectivity index (χ0) is 18.9. The van der Waals surface area contributed by atoms with Crippen LogP contribution >= 0.6 is 0 Å². The van der Waals surface area contributed by atoms with Crippen molar-refractivity contribution in [2.75, 3.05) is 37.7 Å². The summed E-state index contributed by atoms with van der Waals surface area (Å²) in [7, 11) is 0. The lowest BCUT2D eigenvalue weighted by Gasteiger charge is -2.35. The monoisotopic (exact) mass is 378 g/mol. The Kier molecular flexibility index (Phi) is 4.69. The Balaban J connectivity index is 1.38. The van der Waals surface area contributed by atoms with Crippen molar-refractivity contribution in [3.63, 3.8) is 0 Å². The van der Waals surface area contributed by atoms with E-state index in [2.05, 4.69) is 23.1 Å². The first-order valence-electron chi connectivity index (χ1n) is 10.2. The molecule has 146 valence electrons. The van der Waals surface area contributed by atoms with E-state index < -0.39 is 0 Å². The number of carbonyl (C=O) groups is 1. The van der Waals surface area contributed by atoms with Crippen molar-refractivity contribution in [1.29, 1.82) is 0 Å². The van der Waals surface area contributed by atoms with Crippen LogP contribution in [0.2, 0.25) is 0 Å². The smallest absolute Gasteiger partial charge is 0.410 e. The van der Waals surface area contributed by atoms with Crippen LogP contribution < -0.4 is 4.90 Å². The maximum Gasteiger partial charge on any atom is 0.410 e. The summed E-state index contributed by atoms with van der Waals surface area (Å²) < 4.78 is 11.2. The van der Waals surface area contributed by atoms with Crippen LogP contribution in [0.1, 0.15) is 41.5 Å². The molecule has 2 saturated heterocycles. The molecule has 2 heterocycles. The van der Waals surface area contributed by atoms with Gasteiger partial charge in [0.1, 0.15) is 6.61 Å². The lowest BCUT2D eigenvalue weighted by Crippen LogP contribution is -2.40. The van der Waals surface area contributed by atoms with Gasteiger partial charge in [0.15, 0.2) is 0 Å². The molecule has 0 saturated carbocycles. The van der Waals surface area contributed by atoms with Crippen molar-refractivity contribution in [1.82, 2.24) is 4.90 Å². The molecule has 2 aliphatic heterocycles. The maximum atomic E-state index is 12.9. The molecule has 0 N–H and O–H groups in total. The minimum Gasteiger partial charge on any atom is -0.445 e. The molecule has 0 aromatic heterocycles. The number of morpholine rings is 1. The van der Waals surface area contributed by atoms with Crippen LogP contribution in [-0.4, -0.2) is 43.8 Å². The molecule has 28 heavy (non-hydrogen) atoms. The third kappa shape index (κ3) is 3.14. The first-order valence-corrected chi connectivity index (χ1v) is 10.2. The average molecular weight is 378 g/mol. The molecular weight excluding hydrogens is 352 g/mol. The summed E-state index contributed by atoms with van der Waals surface area (Å²) in [5.74, 6) is 0.555. The lowest BCUT2D eigenvalue weighted by molar-refractivity contribution is 0.0694. The van der Waals surface area contributed by atoms with Crippen LogP contribution in [0.25, 0.3) is 0 Å². The molecule has 2 atom stereocenters. The number of hydrogen-bond donors (Lipinski definition) is 0. The zero-order valence-corrected chi connectivity index (χ0v) is 16.0. The topological polar surface area (TPSA) is 42.0 Å². The number of ether oxygens (including phenoxy) is 2. The van der Waals surface area contributed by atoms with E-state index in [1.165, 1.54) is 16.8 Å². The average Bonchev–Trinajstić information content (AvgIpc) is 3.05. The highest BCUT2D eigenvalue weighted by Gasteiger charge is 2.43. The molecule has 3 aliphatic rings. The summed E-state index contributed by atoms with van der Waals surface area (Å²) in [5, 5.41) is 0. The van der Waals surface area contributed by atoms with E-state index in [4.69, 9.17) is 9.47 Å². The molecule has 2 bridgehead atoms. The van der Waals surface area contributed by atoms with E-state index in [-0.39, 0.29) is 12.1 Å². The van der Waals surface area contributed by atoms with Gasteiger partial charge in [-0.05, 0) is 36.0 Å². The first kappa shape index (κ1) is 17.6. The molecule has 5 rings (SSSR count). The summed E-state index contributed by atoms with van der Waals surface area (Å²) in [6, 6.07) is 16.6. The van der Waals surface area contributed by atoms with E-state index >= 15 is 0 Å². The first-order chi connectivity index (χ1) is 13.8. The van der Waals surface area contributed by atoms with Crippen LogP contribution in [0.3, 0.4) is 0 Å². The van der Waals surface area contributed by atoms with Gasteiger partial charge in [0.05, 0.1) is 19.3 Å². The van der Waals surface area contributed by atoms with Crippen molar-refractivity contribution in [2.45, 2.75) is 31.4 Å². The quantitative estimate of drug-likeness (QED) is 0.807. The largest absolute Gasteiger partial charge is 0.445 e. The predicted octanol–water partition coefficient (Wildman–Crippen LogP) is 4.09. The number of carbonyl (C=O) groups excluding carboxylic acids is 1. The number of likely N-dealkylation sites (tertiary alicyclic amines) is 1. The SMILES string of the molecule is O=C(OCc1ccccc1)N1CCC2C[C@@H]1c1c2cccc1N1CCOCC1. The molecule has 2 fully saturated rings. The summed E-state index contributed by atoms with van der Waals surface area (Å²) >= 11 is 0. The highest BCUT2D eigenvalue weighted by Crippen LogP contribution is 2.52. The second-order valence-electron chi connectivity index (χ2n) is 7.85. The van der Waals surface area contributed by atoms with Gasteiger partial charge in [-0.2, -0.15) is 0 Å². The van der Waals surface area contributed by atoms with Gasteiger partial charge in [-0.1, -0.05) is 42.5 Å². The number of hydrogen-bond acceptors (Lipinski definition) is 4. The third-order valence-electron chi connectivity index (χ3n) is 6.28. The third-order valence-corrected chi connectivity index (χ3v) is 6.28. The van der Waals surface area contributed by atoms with Crippen molar-refractivity contribution < 1.29 is 14.3 Å². The Morgan fingerprint density at radius 2 is 1.86 bits per heavy atom. The number of rotatable bonds is 3. The molecular formula is C23H26N2O3. The van der Waals surface area contributed by atoms with E-state index in [0.29, 0.717) is 12.5 Å². The molecule has 0 spiro atoms. The number of fused-ring (bicyclic) bond motifs is 5.